The smallest absolute Gasteiger partial charge is 0.265 e. The van der Waals surface area contributed by atoms with Crippen LogP contribution in [0.4, 0.5) is 0 Å². The summed E-state index contributed by atoms with van der Waals surface area (Å²) >= 11 is 0. The van der Waals surface area contributed by atoms with Crippen molar-refractivity contribution < 1.29 is 4.79 Å². The summed E-state index contributed by atoms with van der Waals surface area (Å²) in [7, 11) is 0. The highest BCUT2D eigenvalue weighted by atomic mass is 16.2. The van der Waals surface area contributed by atoms with Gasteiger partial charge in [0.05, 0.1) is 11.3 Å². The zero-order valence-electron chi connectivity index (χ0n) is 8.85. The fourth-order valence-electron chi connectivity index (χ4n) is 1.80. The van der Waals surface area contributed by atoms with Crippen molar-refractivity contribution in [1.29, 1.82) is 0 Å². The average molecular weight is 212 g/mol. The van der Waals surface area contributed by atoms with Crippen molar-refractivity contribution in [2.45, 2.75) is 13.8 Å². The van der Waals surface area contributed by atoms with Crippen LogP contribution in [0.25, 0.3) is 6.08 Å². The standard InChI is InChI=1S/C11H8N4O/c1-5-3-7-4-8-10(9(7)12-6(5)2)13-15-14-11(8)16/h3-4H,1-2H3. The second-order valence-electron chi connectivity index (χ2n) is 3.83. The predicted molar refractivity (Wildman–Crippen MR) is 58.1 cm³/mol. The number of pyridine rings is 1. The quantitative estimate of drug-likeness (QED) is 0.657. The monoisotopic (exact) mass is 212 g/mol. The molecule has 1 aliphatic carbocycles. The molecule has 5 heteroatoms. The van der Waals surface area contributed by atoms with Gasteiger partial charge in [-0.1, -0.05) is 5.11 Å². The normalized spacial score (nSPS) is 16.8. The van der Waals surface area contributed by atoms with Crippen molar-refractivity contribution >= 4 is 17.7 Å². The first-order chi connectivity index (χ1) is 7.66. The van der Waals surface area contributed by atoms with Crippen LogP contribution in [0.5, 0.6) is 0 Å². The van der Waals surface area contributed by atoms with Gasteiger partial charge in [0, 0.05) is 11.3 Å². The molecule has 1 aliphatic heterocycles. The minimum Gasteiger partial charge on any atom is -0.265 e. The molecular formula is C11H8N4O. The largest absolute Gasteiger partial charge is 0.299 e. The second-order valence-corrected chi connectivity index (χ2v) is 3.83. The third-order valence-corrected chi connectivity index (χ3v) is 2.79. The second kappa shape index (κ2) is 2.91. The Labute approximate surface area is 91.6 Å². The van der Waals surface area contributed by atoms with Crippen molar-refractivity contribution in [1.82, 2.24) is 4.98 Å². The van der Waals surface area contributed by atoms with E-state index in [2.05, 4.69) is 20.4 Å². The molecule has 0 aromatic carbocycles. The maximum atomic E-state index is 11.5. The van der Waals surface area contributed by atoms with Gasteiger partial charge in [0.1, 0.15) is 5.71 Å². The van der Waals surface area contributed by atoms with E-state index in [-0.39, 0.29) is 5.91 Å². The molecule has 0 fully saturated rings. The molecule has 1 aromatic heterocycles. The van der Waals surface area contributed by atoms with Crippen molar-refractivity contribution in [2.24, 2.45) is 15.4 Å². The predicted octanol–water partition coefficient (Wildman–Crippen LogP) is 1.79. The number of fused-ring (bicyclic) bond motifs is 3. The van der Waals surface area contributed by atoms with E-state index in [4.69, 9.17) is 0 Å². The van der Waals surface area contributed by atoms with Crippen LogP contribution in [-0.2, 0) is 4.79 Å². The number of hydrogen-bond donors (Lipinski definition) is 0. The summed E-state index contributed by atoms with van der Waals surface area (Å²) in [5, 5.41) is 10.7. The maximum Gasteiger partial charge on any atom is 0.299 e. The zero-order chi connectivity index (χ0) is 11.3. The minimum absolute atomic E-state index is 0.349. The van der Waals surface area contributed by atoms with Crippen molar-refractivity contribution in [3.05, 3.63) is 34.2 Å². The number of aromatic nitrogens is 1. The highest BCUT2D eigenvalue weighted by molar-refractivity contribution is 6.34. The molecule has 0 spiro atoms. The van der Waals surface area contributed by atoms with Gasteiger partial charge in [-0.2, -0.15) is 0 Å². The van der Waals surface area contributed by atoms with E-state index in [1.807, 2.05) is 19.9 Å². The first kappa shape index (κ1) is 9.08. The number of aryl methyl sites for hydroxylation is 2. The van der Waals surface area contributed by atoms with Gasteiger partial charge in [-0.05, 0) is 36.8 Å². The Morgan fingerprint density at radius 2 is 2.06 bits per heavy atom. The van der Waals surface area contributed by atoms with E-state index in [0.29, 0.717) is 11.3 Å². The molecule has 2 heterocycles. The van der Waals surface area contributed by atoms with Crippen LogP contribution < -0.4 is 0 Å². The number of amides is 1. The van der Waals surface area contributed by atoms with Gasteiger partial charge in [0.15, 0.2) is 0 Å². The average Bonchev–Trinajstić information content (AvgIpc) is 2.59. The lowest BCUT2D eigenvalue weighted by atomic mass is 10.1. The Morgan fingerprint density at radius 3 is 2.88 bits per heavy atom. The van der Waals surface area contributed by atoms with E-state index in [9.17, 15) is 4.79 Å². The molecule has 2 aliphatic rings. The molecule has 3 rings (SSSR count). The Balaban J connectivity index is 2.27. The Kier molecular flexibility index (Phi) is 1.65. The molecule has 78 valence electrons. The third kappa shape index (κ3) is 1.08. The van der Waals surface area contributed by atoms with Crippen LogP contribution in [-0.4, -0.2) is 16.6 Å². The summed E-state index contributed by atoms with van der Waals surface area (Å²) < 4.78 is 0. The van der Waals surface area contributed by atoms with Crippen LogP contribution >= 0.6 is 0 Å². The van der Waals surface area contributed by atoms with Crippen LogP contribution in [0.1, 0.15) is 22.5 Å². The highest BCUT2D eigenvalue weighted by Crippen LogP contribution is 2.28. The lowest BCUT2D eigenvalue weighted by Crippen LogP contribution is -2.12. The molecule has 0 saturated carbocycles. The number of carbonyl (C=O) groups excluding carboxylic acids is 1. The van der Waals surface area contributed by atoms with E-state index < -0.39 is 0 Å². The zero-order valence-corrected chi connectivity index (χ0v) is 8.85. The van der Waals surface area contributed by atoms with Gasteiger partial charge in [0.2, 0.25) is 0 Å². The molecule has 0 saturated heterocycles. The number of rotatable bonds is 0. The Hall–Kier alpha value is -2.17. The molecule has 0 bridgehead atoms. The number of hydrogen-bond acceptors (Lipinski definition) is 4. The lowest BCUT2D eigenvalue weighted by molar-refractivity contribution is -0.114. The molecule has 1 amide bonds. The number of nitrogens with zero attached hydrogens (tertiary/aromatic N) is 4. The molecular weight excluding hydrogens is 204 g/mol. The van der Waals surface area contributed by atoms with Gasteiger partial charge in [-0.3, -0.25) is 9.78 Å². The Morgan fingerprint density at radius 1 is 1.25 bits per heavy atom. The number of carbonyl (C=O) groups is 1. The SMILES string of the molecule is Cc1cc2c(nc1C)C1=NN=NC(=O)C1=C2. The van der Waals surface area contributed by atoms with E-state index in [0.717, 1.165) is 22.5 Å². The molecule has 0 N–H and O–H groups in total. The lowest BCUT2D eigenvalue weighted by Gasteiger charge is -2.05. The van der Waals surface area contributed by atoms with Crippen LogP contribution in [0.2, 0.25) is 0 Å². The molecule has 0 atom stereocenters. The molecule has 1 aromatic rings. The summed E-state index contributed by atoms with van der Waals surface area (Å²) in [5.74, 6) is -0.349. The van der Waals surface area contributed by atoms with Crippen molar-refractivity contribution in [2.75, 3.05) is 0 Å². The summed E-state index contributed by atoms with van der Waals surface area (Å²) in [4.78, 5) is 15.9. The molecule has 5 nitrogen and oxygen atoms in total. The minimum atomic E-state index is -0.349. The third-order valence-electron chi connectivity index (χ3n) is 2.79. The van der Waals surface area contributed by atoms with E-state index in [1.54, 1.807) is 6.08 Å². The molecule has 16 heavy (non-hydrogen) atoms. The van der Waals surface area contributed by atoms with Gasteiger partial charge >= 0.3 is 0 Å². The van der Waals surface area contributed by atoms with Crippen LogP contribution in [0.15, 0.2) is 27.1 Å². The van der Waals surface area contributed by atoms with E-state index >= 15 is 0 Å². The van der Waals surface area contributed by atoms with Gasteiger partial charge < -0.3 is 0 Å². The first-order valence-corrected chi connectivity index (χ1v) is 4.90. The van der Waals surface area contributed by atoms with Crippen LogP contribution in [0, 0.1) is 13.8 Å². The topological polar surface area (TPSA) is 67.0 Å². The van der Waals surface area contributed by atoms with Crippen molar-refractivity contribution in [3.63, 3.8) is 0 Å². The highest BCUT2D eigenvalue weighted by Gasteiger charge is 2.29. The fourth-order valence-corrected chi connectivity index (χ4v) is 1.80. The van der Waals surface area contributed by atoms with Gasteiger partial charge in [0.25, 0.3) is 5.91 Å². The van der Waals surface area contributed by atoms with Crippen molar-refractivity contribution in [3.8, 4) is 0 Å². The first-order valence-electron chi connectivity index (χ1n) is 4.90. The summed E-state index contributed by atoms with van der Waals surface area (Å²) in [6, 6.07) is 2.00. The summed E-state index contributed by atoms with van der Waals surface area (Å²) in [5.41, 5.74) is 4.70. The molecule has 0 radical (unpaired) electrons. The summed E-state index contributed by atoms with van der Waals surface area (Å²) in [6.45, 7) is 3.92. The molecule has 0 unspecified atom stereocenters. The fraction of sp³-hybridized carbons (Fsp3) is 0.182. The summed E-state index contributed by atoms with van der Waals surface area (Å²) in [6.07, 6.45) is 1.77. The van der Waals surface area contributed by atoms with Crippen LogP contribution in [0.3, 0.4) is 0 Å². The van der Waals surface area contributed by atoms with E-state index in [1.165, 1.54) is 0 Å². The van der Waals surface area contributed by atoms with Gasteiger partial charge in [-0.25, -0.2) is 0 Å². The Bertz CT molecular complexity index is 611. The van der Waals surface area contributed by atoms with Gasteiger partial charge in [-0.15, -0.1) is 5.10 Å². The maximum absolute atomic E-state index is 11.5.